The van der Waals surface area contributed by atoms with E-state index in [2.05, 4.69) is 15.3 Å². The smallest absolute Gasteiger partial charge is 0.416 e. The van der Waals surface area contributed by atoms with Crippen molar-refractivity contribution >= 4 is 17.9 Å². The lowest BCUT2D eigenvalue weighted by atomic mass is 10.0. The number of aryl methyl sites for hydroxylation is 1. The van der Waals surface area contributed by atoms with Crippen molar-refractivity contribution < 1.29 is 27.4 Å². The van der Waals surface area contributed by atoms with Crippen LogP contribution in [0.1, 0.15) is 64.4 Å². The Morgan fingerprint density at radius 3 is 2.44 bits per heavy atom. The molecule has 7 nitrogen and oxygen atoms in total. The van der Waals surface area contributed by atoms with Crippen LogP contribution >= 0.6 is 0 Å². The first-order valence-corrected chi connectivity index (χ1v) is 11.1. The second-order valence-corrected chi connectivity index (χ2v) is 9.63. The predicted molar refractivity (Wildman–Crippen MR) is 123 cm³/mol. The van der Waals surface area contributed by atoms with Crippen molar-refractivity contribution in [2.75, 3.05) is 16.8 Å². The fourth-order valence-corrected chi connectivity index (χ4v) is 3.84. The number of aromatic nitrogens is 2. The van der Waals surface area contributed by atoms with Gasteiger partial charge in [0.05, 0.1) is 17.7 Å². The molecule has 0 saturated carbocycles. The Morgan fingerprint density at radius 1 is 1.18 bits per heavy atom. The summed E-state index contributed by atoms with van der Waals surface area (Å²) >= 11 is 0. The van der Waals surface area contributed by atoms with E-state index in [1.54, 1.807) is 19.9 Å². The van der Waals surface area contributed by atoms with Gasteiger partial charge in [-0.2, -0.15) is 4.98 Å². The molecule has 2 aromatic rings. The molecular formula is C24H31F3N4O3. The predicted octanol–water partition coefficient (Wildman–Crippen LogP) is 5.74. The van der Waals surface area contributed by atoms with E-state index in [4.69, 9.17) is 9.47 Å². The summed E-state index contributed by atoms with van der Waals surface area (Å²) in [4.78, 5) is 22.8. The number of carbonyl (C=O) groups excluding carboxylic acids is 1. The fourth-order valence-electron chi connectivity index (χ4n) is 3.84. The van der Waals surface area contributed by atoms with Crippen LogP contribution in [0, 0.1) is 12.7 Å². The first-order chi connectivity index (χ1) is 15.7. The highest BCUT2D eigenvalue weighted by atomic mass is 19.3. The van der Waals surface area contributed by atoms with Gasteiger partial charge in [0.15, 0.2) is 0 Å². The van der Waals surface area contributed by atoms with Gasteiger partial charge in [0.25, 0.3) is 5.92 Å². The van der Waals surface area contributed by atoms with Crippen LogP contribution in [0.3, 0.4) is 0 Å². The second kappa shape index (κ2) is 9.40. The van der Waals surface area contributed by atoms with E-state index >= 15 is 0 Å². The van der Waals surface area contributed by atoms with E-state index in [1.807, 2.05) is 27.7 Å². The van der Waals surface area contributed by atoms with Gasteiger partial charge in [-0.05, 0) is 47.6 Å². The van der Waals surface area contributed by atoms with E-state index in [0.717, 1.165) is 13.0 Å². The highest BCUT2D eigenvalue weighted by Gasteiger charge is 2.40. The number of alkyl halides is 2. The van der Waals surface area contributed by atoms with Gasteiger partial charge in [0, 0.05) is 29.8 Å². The summed E-state index contributed by atoms with van der Waals surface area (Å²) in [5, 5.41) is 3.00. The molecule has 1 aliphatic rings. The van der Waals surface area contributed by atoms with Gasteiger partial charge in [-0.3, -0.25) is 4.90 Å². The molecule has 0 aliphatic carbocycles. The van der Waals surface area contributed by atoms with E-state index < -0.39 is 41.1 Å². The van der Waals surface area contributed by atoms with Crippen LogP contribution in [0.2, 0.25) is 0 Å². The average Bonchev–Trinajstić information content (AvgIpc) is 3.07. The maximum Gasteiger partial charge on any atom is 0.416 e. The Bertz CT molecular complexity index is 1050. The third-order valence-corrected chi connectivity index (χ3v) is 5.39. The van der Waals surface area contributed by atoms with Crippen molar-refractivity contribution in [3.8, 4) is 0 Å². The van der Waals surface area contributed by atoms with Gasteiger partial charge >= 0.3 is 6.09 Å². The Hall–Kier alpha value is -2.88. The lowest BCUT2D eigenvalue weighted by Crippen LogP contribution is -2.45. The highest BCUT2D eigenvalue weighted by Crippen LogP contribution is 2.31. The van der Waals surface area contributed by atoms with Crippen molar-refractivity contribution in [2.24, 2.45) is 0 Å². The van der Waals surface area contributed by atoms with Crippen LogP contribution in [-0.2, 0) is 15.4 Å². The van der Waals surface area contributed by atoms with Gasteiger partial charge in [0.2, 0.25) is 5.95 Å². The molecule has 2 heterocycles. The standard InChI is InChI=1S/C24H31F3N4O3/c1-13-10-20(31-19(12-33-22(31)32)15(3)34-23(4,5)6)30-21(28-13)29-14(2)17-9-8-16(11-18(17)25)24(7,26)27/h8-11,14-15,19H,12H2,1-7H3,(H,28,29,30)/t14-,15+,19+/m0/s1. The van der Waals surface area contributed by atoms with Crippen molar-refractivity contribution in [2.45, 2.75) is 78.2 Å². The van der Waals surface area contributed by atoms with Crippen LogP contribution in [0.5, 0.6) is 0 Å². The normalized spacial score (nSPS) is 18.6. The number of nitrogens with zero attached hydrogens (tertiary/aromatic N) is 3. The number of ether oxygens (including phenoxy) is 2. The summed E-state index contributed by atoms with van der Waals surface area (Å²) in [7, 11) is 0. The minimum absolute atomic E-state index is 0.151. The zero-order valence-corrected chi connectivity index (χ0v) is 20.4. The van der Waals surface area contributed by atoms with Gasteiger partial charge in [-0.25, -0.2) is 22.9 Å². The van der Waals surface area contributed by atoms with Gasteiger partial charge in [-0.1, -0.05) is 12.1 Å². The van der Waals surface area contributed by atoms with Crippen molar-refractivity contribution in [1.29, 1.82) is 0 Å². The zero-order chi connectivity index (χ0) is 25.4. The number of hydrogen-bond acceptors (Lipinski definition) is 6. The first kappa shape index (κ1) is 25.7. The third-order valence-electron chi connectivity index (χ3n) is 5.39. The molecule has 10 heteroatoms. The monoisotopic (exact) mass is 480 g/mol. The number of amides is 1. The second-order valence-electron chi connectivity index (χ2n) is 9.63. The minimum Gasteiger partial charge on any atom is -0.447 e. The number of anilines is 2. The van der Waals surface area contributed by atoms with Crippen LogP contribution in [0.4, 0.5) is 29.7 Å². The Balaban J connectivity index is 1.85. The van der Waals surface area contributed by atoms with E-state index in [1.165, 1.54) is 17.0 Å². The lowest BCUT2D eigenvalue weighted by molar-refractivity contribution is -0.0618. The molecule has 0 radical (unpaired) electrons. The molecule has 186 valence electrons. The van der Waals surface area contributed by atoms with Gasteiger partial charge in [0.1, 0.15) is 24.3 Å². The average molecular weight is 481 g/mol. The molecule has 0 bridgehead atoms. The zero-order valence-electron chi connectivity index (χ0n) is 20.4. The molecule has 1 fully saturated rings. The molecule has 1 amide bonds. The quantitative estimate of drug-likeness (QED) is 0.545. The summed E-state index contributed by atoms with van der Waals surface area (Å²) in [6.07, 6.45) is -0.880. The molecule has 1 saturated heterocycles. The summed E-state index contributed by atoms with van der Waals surface area (Å²) in [6.45, 7) is 11.9. The summed E-state index contributed by atoms with van der Waals surface area (Å²) in [6, 6.07) is 3.97. The first-order valence-electron chi connectivity index (χ1n) is 11.1. The van der Waals surface area contributed by atoms with Crippen LogP contribution in [-0.4, -0.2) is 40.4 Å². The Morgan fingerprint density at radius 2 is 1.85 bits per heavy atom. The molecule has 1 aromatic carbocycles. The van der Waals surface area contributed by atoms with Crippen LogP contribution in [0.25, 0.3) is 0 Å². The third kappa shape index (κ3) is 5.97. The molecule has 1 N–H and O–H groups in total. The molecule has 1 aromatic heterocycles. The Labute approximate surface area is 197 Å². The minimum atomic E-state index is -3.14. The van der Waals surface area contributed by atoms with Crippen LogP contribution in [0.15, 0.2) is 24.3 Å². The van der Waals surface area contributed by atoms with Crippen molar-refractivity contribution in [3.05, 3.63) is 46.9 Å². The number of nitrogens with one attached hydrogen (secondary N) is 1. The molecule has 3 atom stereocenters. The molecular weight excluding hydrogens is 449 g/mol. The number of halogens is 3. The van der Waals surface area contributed by atoms with Gasteiger partial charge < -0.3 is 14.8 Å². The summed E-state index contributed by atoms with van der Waals surface area (Å²) < 4.78 is 52.9. The highest BCUT2D eigenvalue weighted by molar-refractivity contribution is 5.89. The molecule has 0 unspecified atom stereocenters. The molecule has 1 aliphatic heterocycles. The maximum absolute atomic E-state index is 14.6. The number of hydrogen-bond donors (Lipinski definition) is 1. The summed E-state index contributed by atoms with van der Waals surface area (Å²) in [5.74, 6) is -3.42. The van der Waals surface area contributed by atoms with Crippen molar-refractivity contribution in [3.63, 3.8) is 0 Å². The van der Waals surface area contributed by atoms with Gasteiger partial charge in [-0.15, -0.1) is 0 Å². The molecule has 34 heavy (non-hydrogen) atoms. The van der Waals surface area contributed by atoms with Crippen LogP contribution < -0.4 is 10.2 Å². The lowest BCUT2D eigenvalue weighted by Gasteiger charge is -2.31. The largest absolute Gasteiger partial charge is 0.447 e. The fraction of sp³-hybridized carbons (Fsp3) is 0.542. The summed E-state index contributed by atoms with van der Waals surface area (Å²) in [5.41, 5.74) is -0.0588. The maximum atomic E-state index is 14.6. The number of cyclic esters (lactones) is 1. The SMILES string of the molecule is Cc1cc(N2C(=O)OC[C@@H]2[C@@H](C)OC(C)(C)C)nc(N[C@@H](C)c2ccc(C(C)(F)F)cc2F)n1. The van der Waals surface area contributed by atoms with E-state index in [9.17, 15) is 18.0 Å². The topological polar surface area (TPSA) is 76.6 Å². The van der Waals surface area contributed by atoms with E-state index in [-0.39, 0.29) is 24.2 Å². The Kier molecular flexibility index (Phi) is 7.12. The molecule has 3 rings (SSSR count). The van der Waals surface area contributed by atoms with Crippen molar-refractivity contribution in [1.82, 2.24) is 9.97 Å². The number of rotatable bonds is 7. The number of benzene rings is 1. The van der Waals surface area contributed by atoms with E-state index in [0.29, 0.717) is 11.5 Å². The molecule has 0 spiro atoms. The number of carbonyl (C=O) groups is 1.